The number of hydrogen-bond acceptors (Lipinski definition) is 6. The lowest BCUT2D eigenvalue weighted by Crippen LogP contribution is -2.61. The van der Waals surface area contributed by atoms with Gasteiger partial charge in [0.2, 0.25) is 0 Å². The van der Waals surface area contributed by atoms with Crippen LogP contribution in [0.15, 0.2) is 71.9 Å². The molecule has 0 aromatic rings. The maximum absolute atomic E-state index is 13.3. The van der Waals surface area contributed by atoms with E-state index >= 15 is 0 Å². The van der Waals surface area contributed by atoms with Gasteiger partial charge in [-0.15, -0.1) is 0 Å². The Balaban J connectivity index is 1.47. The third kappa shape index (κ3) is 10.8. The Labute approximate surface area is 404 Å². The summed E-state index contributed by atoms with van der Waals surface area (Å²) in [5, 5.41) is 66.2. The van der Waals surface area contributed by atoms with Crippen molar-refractivity contribution in [1.82, 2.24) is 0 Å². The van der Waals surface area contributed by atoms with Crippen LogP contribution in [0, 0.1) is 45.3 Å². The summed E-state index contributed by atoms with van der Waals surface area (Å²) in [6.07, 6.45) is -17.9. The first-order valence-corrected chi connectivity index (χ1v) is 24.1. The summed E-state index contributed by atoms with van der Waals surface area (Å²) in [6, 6.07) is 0. The van der Waals surface area contributed by atoms with Crippen molar-refractivity contribution in [2.45, 2.75) is 205 Å². The summed E-state index contributed by atoms with van der Waals surface area (Å²) in [4.78, 5) is 0. The molecule has 0 unspecified atom stereocenters. The molecule has 4 fully saturated rings. The molecule has 0 aromatic carbocycles. The van der Waals surface area contributed by atoms with Crippen LogP contribution in [0.3, 0.4) is 0 Å². The normalized spacial score (nSPS) is 34.9. The van der Waals surface area contributed by atoms with Gasteiger partial charge in [0.1, 0.15) is 11.2 Å². The van der Waals surface area contributed by atoms with Crippen molar-refractivity contribution in [1.29, 1.82) is 0 Å². The summed E-state index contributed by atoms with van der Waals surface area (Å²) >= 11 is 0. The van der Waals surface area contributed by atoms with Gasteiger partial charge in [0.05, 0.1) is 12.2 Å². The van der Waals surface area contributed by atoms with E-state index in [1.54, 1.807) is 38.2 Å². The number of alkyl halides is 12. The third-order valence-electron chi connectivity index (χ3n) is 19.0. The number of aliphatic hydroxyl groups excluding tert-OH is 2. The molecule has 4 rings (SSSR count). The Morgan fingerprint density at radius 2 is 0.843 bits per heavy atom. The van der Waals surface area contributed by atoms with Gasteiger partial charge in [-0.1, -0.05) is 118 Å². The van der Waals surface area contributed by atoms with Gasteiger partial charge >= 0.3 is 24.7 Å². The third-order valence-corrected chi connectivity index (χ3v) is 19.0. The van der Waals surface area contributed by atoms with Gasteiger partial charge in [0, 0.05) is 25.7 Å². The highest BCUT2D eigenvalue weighted by atomic mass is 19.4. The number of rotatable bonds is 15. The molecule has 402 valence electrons. The van der Waals surface area contributed by atoms with Crippen molar-refractivity contribution in [2.75, 3.05) is 0 Å². The van der Waals surface area contributed by atoms with Crippen molar-refractivity contribution in [3.8, 4) is 0 Å². The van der Waals surface area contributed by atoms with Crippen LogP contribution in [0.4, 0.5) is 52.7 Å². The molecule has 6 nitrogen and oxygen atoms in total. The second kappa shape index (κ2) is 19.9. The number of hydrogen-bond donors (Lipinski definition) is 6. The Morgan fingerprint density at radius 1 is 0.557 bits per heavy atom. The van der Waals surface area contributed by atoms with Crippen molar-refractivity contribution in [3.05, 3.63) is 71.9 Å². The fourth-order valence-corrected chi connectivity index (χ4v) is 12.4. The quantitative estimate of drug-likeness (QED) is 0.0909. The minimum atomic E-state index is -5.88. The Morgan fingerprint density at radius 3 is 1.11 bits per heavy atom. The van der Waals surface area contributed by atoms with E-state index in [0.717, 1.165) is 0 Å². The van der Waals surface area contributed by atoms with Crippen molar-refractivity contribution < 1.29 is 83.3 Å². The first-order chi connectivity index (χ1) is 31.4. The zero-order valence-electron chi connectivity index (χ0n) is 41.5. The zero-order chi connectivity index (χ0) is 53.9. The molecule has 0 radical (unpaired) electrons. The van der Waals surface area contributed by atoms with Gasteiger partial charge in [0.25, 0.3) is 11.2 Å². The summed E-state index contributed by atoms with van der Waals surface area (Å²) in [7, 11) is 0. The first-order valence-electron chi connectivity index (χ1n) is 24.1. The SMILES string of the molecule is C=C1C(=CC=C[C@@H]2CC[C@](C)([C@H](C)CCCC(O)(C(F)(F)F)C(F)(F)F)C2(C)C)C[C@](O)([C@]2(O)CC(=CC=C[C@@H]3CC[C@](C)([C@@H](C)CCCC(O)(C(F)(F)F)C(F)(F)F)C3(C)C)C(=C)[C@@H](O)C2)C[C@@H]1O. The molecule has 0 spiro atoms. The summed E-state index contributed by atoms with van der Waals surface area (Å²) in [6.45, 7) is 23.5. The van der Waals surface area contributed by atoms with E-state index in [2.05, 4.69) is 13.2 Å². The largest absolute Gasteiger partial charge is 0.426 e. The molecule has 70 heavy (non-hydrogen) atoms. The standard InChI is InChI=1S/C52H74F12O6/c1-31(15-13-23-47(69,49(53,54)55)50(56,57)58)43(9)25-21-37(41(43,5)6)19-11-17-35-27-45(67,29-39(65)33(35)3)46(68)28-36(34(4)40(66)30-46)18-12-20-38-22-26-44(10,42(38,7)8)32(2)16-14-24-48(70,51(59,60)61)52(62,63)64/h11-12,17-20,31-32,37-40,65-70H,3-4,13-16,21-30H2,1-2,5-10H3/t31-,32+,37-,38-,39+,40+,43-,44-,45-,46+/m1/s1. The summed E-state index contributed by atoms with van der Waals surface area (Å²) in [5.74, 6) is -0.830. The number of allylic oxidation sites excluding steroid dienone is 6. The van der Waals surface area contributed by atoms with Crippen LogP contribution in [0.2, 0.25) is 0 Å². The fraction of sp³-hybridized carbons (Fsp3) is 0.769. The molecule has 4 saturated carbocycles. The second-order valence-electron chi connectivity index (χ2n) is 22.9. The van der Waals surface area contributed by atoms with Gasteiger partial charge in [-0.3, -0.25) is 0 Å². The fourth-order valence-electron chi connectivity index (χ4n) is 12.4. The van der Waals surface area contributed by atoms with Gasteiger partial charge in [-0.25, -0.2) is 0 Å². The molecule has 0 aromatic heterocycles. The number of aliphatic hydroxyl groups is 6. The van der Waals surface area contributed by atoms with E-state index in [0.29, 0.717) is 48.0 Å². The van der Waals surface area contributed by atoms with Gasteiger partial charge in [-0.05, 0) is 119 Å². The van der Waals surface area contributed by atoms with Crippen LogP contribution in [0.1, 0.15) is 145 Å². The van der Waals surface area contributed by atoms with Crippen LogP contribution in [-0.2, 0) is 0 Å². The molecular weight excluding hydrogens is 949 g/mol. The molecular formula is C52H74F12O6. The van der Waals surface area contributed by atoms with Crippen molar-refractivity contribution >= 4 is 0 Å². The highest BCUT2D eigenvalue weighted by Crippen LogP contribution is 2.63. The van der Waals surface area contributed by atoms with Crippen molar-refractivity contribution in [2.24, 2.45) is 45.3 Å². The molecule has 4 aliphatic rings. The van der Waals surface area contributed by atoms with Crippen LogP contribution in [0.25, 0.3) is 0 Å². The average molecular weight is 1020 g/mol. The molecule has 6 N–H and O–H groups in total. The molecule has 0 heterocycles. The minimum Gasteiger partial charge on any atom is -0.388 e. The van der Waals surface area contributed by atoms with Gasteiger partial charge in [0.15, 0.2) is 0 Å². The average Bonchev–Trinajstić information content (AvgIpc) is 3.58. The van der Waals surface area contributed by atoms with E-state index in [-0.39, 0.29) is 62.2 Å². The highest BCUT2D eigenvalue weighted by molar-refractivity contribution is 5.44. The summed E-state index contributed by atoms with van der Waals surface area (Å²) < 4.78 is 160. The lowest BCUT2D eigenvalue weighted by atomic mass is 9.59. The first kappa shape index (κ1) is 59.9. The monoisotopic (exact) mass is 1020 g/mol. The minimum absolute atomic E-state index is 0.0113. The van der Waals surface area contributed by atoms with E-state index < -0.39 is 107 Å². The van der Waals surface area contributed by atoms with Crippen LogP contribution in [-0.4, -0.2) is 90.0 Å². The molecule has 18 heteroatoms. The van der Waals surface area contributed by atoms with Crippen LogP contribution in [0.5, 0.6) is 0 Å². The maximum Gasteiger partial charge on any atom is 0.426 e. The van der Waals surface area contributed by atoms with E-state index in [1.807, 2.05) is 53.7 Å². The predicted octanol–water partition coefficient (Wildman–Crippen LogP) is 13.0. The molecule has 4 aliphatic carbocycles. The van der Waals surface area contributed by atoms with Crippen LogP contribution >= 0.6 is 0 Å². The molecule has 0 aliphatic heterocycles. The van der Waals surface area contributed by atoms with E-state index in [9.17, 15) is 83.3 Å². The molecule has 0 bridgehead atoms. The highest BCUT2D eigenvalue weighted by Gasteiger charge is 2.71. The van der Waals surface area contributed by atoms with Crippen molar-refractivity contribution in [3.63, 3.8) is 0 Å². The van der Waals surface area contributed by atoms with Crippen LogP contribution < -0.4 is 0 Å². The summed E-state index contributed by atoms with van der Waals surface area (Å²) in [5.41, 5.74) is -14.1. The van der Waals surface area contributed by atoms with Gasteiger partial charge in [-0.2, -0.15) is 52.7 Å². The predicted molar refractivity (Wildman–Crippen MR) is 242 cm³/mol. The lowest BCUT2D eigenvalue weighted by Gasteiger charge is -2.51. The Bertz CT molecular complexity index is 1860. The van der Waals surface area contributed by atoms with E-state index in [4.69, 9.17) is 0 Å². The van der Waals surface area contributed by atoms with E-state index in [1.165, 1.54) is 0 Å². The number of halogens is 12. The maximum atomic E-state index is 13.3. The second-order valence-corrected chi connectivity index (χ2v) is 22.9. The Kier molecular flexibility index (Phi) is 17.0. The molecule has 0 amide bonds. The smallest absolute Gasteiger partial charge is 0.388 e. The zero-order valence-corrected chi connectivity index (χ0v) is 41.5. The topological polar surface area (TPSA) is 121 Å². The molecule has 0 saturated heterocycles. The molecule has 10 atom stereocenters. The lowest BCUT2D eigenvalue weighted by molar-refractivity contribution is -0.370. The Hall–Kier alpha value is -2.64. The van der Waals surface area contributed by atoms with Gasteiger partial charge < -0.3 is 30.6 Å².